The Kier molecular flexibility index (Phi) is 4.22. The van der Waals surface area contributed by atoms with Gasteiger partial charge in [0.25, 0.3) is 0 Å². The minimum absolute atomic E-state index is 0.652. The number of nitrogens with zero attached hydrogens (tertiary/aromatic N) is 3. The molecular weight excluding hydrogens is 248 g/mol. The maximum atomic E-state index is 4.58. The minimum atomic E-state index is 0.652. The van der Waals surface area contributed by atoms with E-state index in [0.717, 1.165) is 31.5 Å². The van der Waals surface area contributed by atoms with Gasteiger partial charge in [-0.1, -0.05) is 0 Å². The van der Waals surface area contributed by atoms with Gasteiger partial charge in [0.2, 0.25) is 0 Å². The molecule has 3 rings (SSSR count). The minimum Gasteiger partial charge on any atom is -0.355 e. The maximum Gasteiger partial charge on any atom is 0.128 e. The molecule has 4 heteroatoms. The Morgan fingerprint density at radius 1 is 1.35 bits per heavy atom. The van der Waals surface area contributed by atoms with Crippen LogP contribution in [0.3, 0.4) is 0 Å². The Balaban J connectivity index is 1.64. The zero-order valence-electron chi connectivity index (χ0n) is 12.7. The van der Waals surface area contributed by atoms with Crippen molar-refractivity contribution in [3.05, 3.63) is 23.9 Å². The van der Waals surface area contributed by atoms with E-state index in [9.17, 15) is 0 Å². The van der Waals surface area contributed by atoms with Crippen molar-refractivity contribution in [1.29, 1.82) is 0 Å². The van der Waals surface area contributed by atoms with Gasteiger partial charge in [0, 0.05) is 37.9 Å². The first-order valence-corrected chi connectivity index (χ1v) is 7.82. The molecule has 1 aromatic heterocycles. The summed E-state index contributed by atoms with van der Waals surface area (Å²) in [6, 6.07) is 5.80. The highest BCUT2D eigenvalue weighted by atomic mass is 15.2. The third-order valence-corrected chi connectivity index (χ3v) is 4.43. The first-order valence-electron chi connectivity index (χ1n) is 7.82. The third-order valence-electron chi connectivity index (χ3n) is 4.43. The Labute approximate surface area is 122 Å². The smallest absolute Gasteiger partial charge is 0.128 e. The van der Waals surface area contributed by atoms with Crippen LogP contribution in [-0.2, 0) is 6.54 Å². The van der Waals surface area contributed by atoms with Crippen molar-refractivity contribution >= 4 is 5.82 Å². The summed E-state index contributed by atoms with van der Waals surface area (Å²) < 4.78 is 0. The van der Waals surface area contributed by atoms with Gasteiger partial charge in [-0.3, -0.25) is 0 Å². The number of piperidine rings is 1. The average Bonchev–Trinajstić information content (AvgIpc) is 3.30. The second kappa shape index (κ2) is 6.10. The molecule has 4 nitrogen and oxygen atoms in total. The molecule has 0 bridgehead atoms. The molecule has 1 aliphatic carbocycles. The predicted octanol–water partition coefficient (Wildman–Crippen LogP) is 1.86. The van der Waals surface area contributed by atoms with Crippen LogP contribution in [-0.4, -0.2) is 49.2 Å². The normalized spacial score (nSPS) is 23.4. The topological polar surface area (TPSA) is 31.4 Å². The van der Waals surface area contributed by atoms with E-state index in [4.69, 9.17) is 0 Å². The van der Waals surface area contributed by atoms with E-state index in [0.29, 0.717) is 6.04 Å². The molecule has 2 fully saturated rings. The molecule has 1 atom stereocenters. The van der Waals surface area contributed by atoms with Crippen LogP contribution in [0, 0.1) is 0 Å². The van der Waals surface area contributed by atoms with Crippen LogP contribution in [0.5, 0.6) is 0 Å². The predicted molar refractivity (Wildman–Crippen MR) is 83.0 cm³/mol. The maximum absolute atomic E-state index is 4.58. The largest absolute Gasteiger partial charge is 0.355 e. The standard InChI is InChI=1S/C16H26N4/c1-19(2)15-4-3-9-20(12-15)16-10-13(7-8-17-16)11-18-14-5-6-14/h7-8,10,14-15,18H,3-6,9,11-12H2,1-2H3. The van der Waals surface area contributed by atoms with Gasteiger partial charge in [-0.15, -0.1) is 0 Å². The lowest BCUT2D eigenvalue weighted by atomic mass is 10.0. The van der Waals surface area contributed by atoms with E-state index in [1.165, 1.54) is 31.2 Å². The highest BCUT2D eigenvalue weighted by Gasteiger charge is 2.23. The van der Waals surface area contributed by atoms with Gasteiger partial charge < -0.3 is 15.1 Å². The number of likely N-dealkylation sites (N-methyl/N-ethyl adjacent to an activating group) is 1. The van der Waals surface area contributed by atoms with E-state index in [2.05, 4.69) is 46.3 Å². The zero-order valence-corrected chi connectivity index (χ0v) is 12.7. The molecule has 0 spiro atoms. The van der Waals surface area contributed by atoms with Crippen molar-refractivity contribution in [2.75, 3.05) is 32.1 Å². The molecule has 2 heterocycles. The SMILES string of the molecule is CN(C)C1CCCN(c2cc(CNC3CC3)ccn2)C1. The van der Waals surface area contributed by atoms with Gasteiger partial charge in [-0.2, -0.15) is 0 Å². The fraction of sp³-hybridized carbons (Fsp3) is 0.688. The highest BCUT2D eigenvalue weighted by Crippen LogP contribution is 2.22. The fourth-order valence-electron chi connectivity index (χ4n) is 2.88. The first kappa shape index (κ1) is 13.8. The first-order chi connectivity index (χ1) is 9.72. The summed E-state index contributed by atoms with van der Waals surface area (Å²) in [5.74, 6) is 1.15. The van der Waals surface area contributed by atoms with Crippen molar-refractivity contribution in [3.63, 3.8) is 0 Å². The van der Waals surface area contributed by atoms with Crippen LogP contribution in [0.4, 0.5) is 5.82 Å². The van der Waals surface area contributed by atoms with Gasteiger partial charge >= 0.3 is 0 Å². The summed E-state index contributed by atoms with van der Waals surface area (Å²) in [5.41, 5.74) is 1.36. The molecule has 2 aliphatic rings. The molecule has 0 amide bonds. The molecular formula is C16H26N4. The van der Waals surface area contributed by atoms with Gasteiger partial charge in [-0.25, -0.2) is 4.98 Å². The van der Waals surface area contributed by atoms with E-state index in [1.54, 1.807) is 0 Å². The van der Waals surface area contributed by atoms with E-state index in [-0.39, 0.29) is 0 Å². The molecule has 0 aromatic carbocycles. The summed E-state index contributed by atoms with van der Waals surface area (Å²) >= 11 is 0. The molecule has 1 saturated heterocycles. The molecule has 1 unspecified atom stereocenters. The second-order valence-electron chi connectivity index (χ2n) is 6.38. The lowest BCUT2D eigenvalue weighted by Gasteiger charge is -2.36. The van der Waals surface area contributed by atoms with Crippen molar-refractivity contribution in [2.24, 2.45) is 0 Å². The Morgan fingerprint density at radius 3 is 2.95 bits per heavy atom. The second-order valence-corrected chi connectivity index (χ2v) is 6.38. The van der Waals surface area contributed by atoms with Crippen LogP contribution in [0.25, 0.3) is 0 Å². The number of hydrogen-bond donors (Lipinski definition) is 1. The number of pyridine rings is 1. The number of nitrogens with one attached hydrogen (secondary N) is 1. The summed E-state index contributed by atoms with van der Waals surface area (Å²) in [7, 11) is 4.36. The zero-order chi connectivity index (χ0) is 13.9. The van der Waals surface area contributed by atoms with Gasteiger partial charge in [0.05, 0.1) is 0 Å². The number of aromatic nitrogens is 1. The van der Waals surface area contributed by atoms with E-state index >= 15 is 0 Å². The molecule has 20 heavy (non-hydrogen) atoms. The van der Waals surface area contributed by atoms with Crippen LogP contribution >= 0.6 is 0 Å². The quantitative estimate of drug-likeness (QED) is 0.888. The van der Waals surface area contributed by atoms with Gasteiger partial charge in [0.1, 0.15) is 5.82 Å². The van der Waals surface area contributed by atoms with E-state index < -0.39 is 0 Å². The lowest BCUT2D eigenvalue weighted by Crippen LogP contribution is -2.45. The van der Waals surface area contributed by atoms with Crippen LogP contribution in [0.1, 0.15) is 31.2 Å². The summed E-state index contributed by atoms with van der Waals surface area (Å²) in [6.07, 6.45) is 7.20. The summed E-state index contributed by atoms with van der Waals surface area (Å²) in [6.45, 7) is 3.21. The van der Waals surface area contributed by atoms with Crippen LogP contribution in [0.15, 0.2) is 18.3 Å². The van der Waals surface area contributed by atoms with Gasteiger partial charge in [-0.05, 0) is 57.5 Å². The van der Waals surface area contributed by atoms with Gasteiger partial charge in [0.15, 0.2) is 0 Å². The van der Waals surface area contributed by atoms with Crippen molar-refractivity contribution < 1.29 is 0 Å². The molecule has 1 saturated carbocycles. The molecule has 1 aliphatic heterocycles. The Bertz CT molecular complexity index is 442. The van der Waals surface area contributed by atoms with Crippen molar-refractivity contribution in [1.82, 2.24) is 15.2 Å². The third kappa shape index (κ3) is 3.49. The summed E-state index contributed by atoms with van der Waals surface area (Å²) in [5, 5.41) is 3.58. The Hall–Kier alpha value is -1.13. The highest BCUT2D eigenvalue weighted by molar-refractivity contribution is 5.41. The van der Waals surface area contributed by atoms with Crippen LogP contribution < -0.4 is 10.2 Å². The molecule has 1 N–H and O–H groups in total. The summed E-state index contributed by atoms with van der Waals surface area (Å²) in [4.78, 5) is 9.36. The van der Waals surface area contributed by atoms with Crippen molar-refractivity contribution in [3.8, 4) is 0 Å². The monoisotopic (exact) mass is 274 g/mol. The van der Waals surface area contributed by atoms with E-state index in [1.807, 2.05) is 6.20 Å². The Morgan fingerprint density at radius 2 is 2.20 bits per heavy atom. The molecule has 0 radical (unpaired) electrons. The number of anilines is 1. The average molecular weight is 274 g/mol. The molecule has 1 aromatic rings. The molecule has 110 valence electrons. The number of rotatable bonds is 5. The van der Waals surface area contributed by atoms with Crippen molar-refractivity contribution in [2.45, 2.75) is 44.3 Å². The fourth-order valence-corrected chi connectivity index (χ4v) is 2.88. The lowest BCUT2D eigenvalue weighted by molar-refractivity contribution is 0.257. The van der Waals surface area contributed by atoms with Crippen LogP contribution in [0.2, 0.25) is 0 Å². The number of hydrogen-bond acceptors (Lipinski definition) is 4.